The van der Waals surface area contributed by atoms with Crippen LogP contribution in [0.4, 0.5) is 0 Å². The van der Waals surface area contributed by atoms with Gasteiger partial charge in [0.1, 0.15) is 11.9 Å². The summed E-state index contributed by atoms with van der Waals surface area (Å²) in [5.41, 5.74) is 0.669. The van der Waals surface area contributed by atoms with Crippen LogP contribution in [-0.2, 0) is 4.79 Å². The first-order valence-electron chi connectivity index (χ1n) is 13.5. The summed E-state index contributed by atoms with van der Waals surface area (Å²) in [6.07, 6.45) is 13.9. The van der Waals surface area contributed by atoms with Crippen LogP contribution in [0.5, 0.6) is 5.75 Å². The minimum Gasteiger partial charge on any atom is -0.487 e. The summed E-state index contributed by atoms with van der Waals surface area (Å²) in [5.74, 6) is 1.33. The lowest BCUT2D eigenvalue weighted by molar-refractivity contribution is -0.144. The number of fused-ring (bicyclic) bond motifs is 2. The highest BCUT2D eigenvalue weighted by Crippen LogP contribution is 2.34. The molecule has 0 saturated heterocycles. The van der Waals surface area contributed by atoms with Gasteiger partial charge in [0.15, 0.2) is 0 Å². The number of hydrogen-bond acceptors (Lipinski definition) is 3. The molecule has 33 heavy (non-hydrogen) atoms. The normalized spacial score (nSPS) is 25.7. The van der Waals surface area contributed by atoms with E-state index in [4.69, 9.17) is 4.74 Å². The molecule has 2 amide bonds. The lowest BCUT2D eigenvalue weighted by Gasteiger charge is -2.42. The van der Waals surface area contributed by atoms with Gasteiger partial charge in [0.2, 0.25) is 5.91 Å². The third-order valence-electron chi connectivity index (χ3n) is 7.81. The van der Waals surface area contributed by atoms with Crippen molar-refractivity contribution in [3.05, 3.63) is 29.8 Å². The smallest absolute Gasteiger partial charge is 0.257 e. The number of rotatable bonds is 3. The maximum atomic E-state index is 13.5. The molecule has 1 aromatic carbocycles. The zero-order chi connectivity index (χ0) is 23.0. The number of benzene rings is 1. The zero-order valence-electron chi connectivity index (χ0n) is 20.5. The van der Waals surface area contributed by atoms with Crippen molar-refractivity contribution in [1.82, 2.24) is 9.80 Å². The SMILES string of the molecule is CCCN1CCCCCCCN(C(=O)C2CCC2)[C@@H]2CCCC[C@@H]2Oc2ccccc2C1=O. The van der Waals surface area contributed by atoms with Crippen molar-refractivity contribution in [2.45, 2.75) is 103 Å². The van der Waals surface area contributed by atoms with Gasteiger partial charge in [-0.15, -0.1) is 0 Å². The number of carbonyl (C=O) groups excluding carboxylic acids is 2. The number of ether oxygens (including phenoxy) is 1. The fourth-order valence-electron chi connectivity index (χ4n) is 5.68. The Bertz CT molecular complexity index is 791. The highest BCUT2D eigenvalue weighted by atomic mass is 16.5. The van der Waals surface area contributed by atoms with Crippen molar-refractivity contribution >= 4 is 11.8 Å². The van der Waals surface area contributed by atoms with Crippen LogP contribution in [0.3, 0.4) is 0 Å². The number of para-hydroxylation sites is 1. The van der Waals surface area contributed by atoms with E-state index in [0.29, 0.717) is 17.2 Å². The molecule has 182 valence electrons. The molecule has 3 aliphatic rings. The quantitative estimate of drug-likeness (QED) is 0.578. The van der Waals surface area contributed by atoms with Gasteiger partial charge in [-0.1, -0.05) is 51.2 Å². The number of hydrogen-bond donors (Lipinski definition) is 0. The Hall–Kier alpha value is -2.04. The van der Waals surface area contributed by atoms with E-state index in [2.05, 4.69) is 11.8 Å². The molecule has 1 heterocycles. The van der Waals surface area contributed by atoms with Crippen molar-refractivity contribution in [3.8, 4) is 5.75 Å². The third-order valence-corrected chi connectivity index (χ3v) is 7.81. The first-order valence-corrected chi connectivity index (χ1v) is 13.5. The predicted octanol–water partition coefficient (Wildman–Crippen LogP) is 5.82. The Morgan fingerprint density at radius 2 is 1.64 bits per heavy atom. The van der Waals surface area contributed by atoms with E-state index in [-0.39, 0.29) is 24.0 Å². The molecule has 0 spiro atoms. The van der Waals surface area contributed by atoms with Gasteiger partial charge in [-0.25, -0.2) is 0 Å². The van der Waals surface area contributed by atoms with E-state index in [1.54, 1.807) is 0 Å². The van der Waals surface area contributed by atoms with E-state index in [1.807, 2.05) is 29.2 Å². The van der Waals surface area contributed by atoms with Crippen molar-refractivity contribution in [2.75, 3.05) is 19.6 Å². The summed E-state index contributed by atoms with van der Waals surface area (Å²) in [5, 5.41) is 0. The summed E-state index contributed by atoms with van der Waals surface area (Å²) in [4.78, 5) is 31.2. The van der Waals surface area contributed by atoms with Crippen LogP contribution in [0.1, 0.15) is 101 Å². The van der Waals surface area contributed by atoms with Crippen LogP contribution in [-0.4, -0.2) is 53.4 Å². The molecular weight excluding hydrogens is 412 g/mol. The minimum absolute atomic E-state index is 0.0403. The third kappa shape index (κ3) is 5.91. The molecule has 5 heteroatoms. The maximum absolute atomic E-state index is 13.5. The molecule has 0 N–H and O–H groups in total. The minimum atomic E-state index is -0.0403. The summed E-state index contributed by atoms with van der Waals surface area (Å²) >= 11 is 0. The van der Waals surface area contributed by atoms with Gasteiger partial charge in [0, 0.05) is 25.6 Å². The van der Waals surface area contributed by atoms with E-state index >= 15 is 0 Å². The lowest BCUT2D eigenvalue weighted by Crippen LogP contribution is -2.53. The lowest BCUT2D eigenvalue weighted by atomic mass is 9.82. The van der Waals surface area contributed by atoms with Gasteiger partial charge in [-0.2, -0.15) is 0 Å². The standard InChI is InChI=1S/C28H42N2O3/c1-2-19-29-20-10-4-3-5-11-21-30(27(31)22-13-12-14-22)24-16-7-9-18-26(24)33-25-17-8-6-15-23(25)28(29)32/h6,8,15,17,22,24,26H,2-5,7,9-14,16,18-21H2,1H3/t24-,26+/m1/s1. The van der Waals surface area contributed by atoms with Crippen LogP contribution in [0.15, 0.2) is 24.3 Å². The molecule has 2 saturated carbocycles. The molecule has 1 aliphatic heterocycles. The Morgan fingerprint density at radius 1 is 0.909 bits per heavy atom. The molecule has 2 atom stereocenters. The summed E-state index contributed by atoms with van der Waals surface area (Å²) in [7, 11) is 0. The van der Waals surface area contributed by atoms with Gasteiger partial charge in [-0.05, 0) is 63.5 Å². The van der Waals surface area contributed by atoms with Gasteiger partial charge in [0.25, 0.3) is 5.91 Å². The average molecular weight is 455 g/mol. The monoisotopic (exact) mass is 454 g/mol. The molecule has 5 nitrogen and oxygen atoms in total. The predicted molar refractivity (Wildman–Crippen MR) is 131 cm³/mol. The second-order valence-electron chi connectivity index (χ2n) is 10.2. The van der Waals surface area contributed by atoms with Crippen LogP contribution >= 0.6 is 0 Å². The first-order chi connectivity index (χ1) is 16.2. The van der Waals surface area contributed by atoms with Crippen LogP contribution in [0.25, 0.3) is 0 Å². The van der Waals surface area contributed by atoms with Crippen molar-refractivity contribution in [3.63, 3.8) is 0 Å². The Morgan fingerprint density at radius 3 is 2.39 bits per heavy atom. The van der Waals surface area contributed by atoms with Gasteiger partial charge in [-0.3, -0.25) is 9.59 Å². The number of amides is 2. The summed E-state index contributed by atoms with van der Waals surface area (Å²) in [6, 6.07) is 7.86. The highest BCUT2D eigenvalue weighted by Gasteiger charge is 2.38. The van der Waals surface area contributed by atoms with Gasteiger partial charge in [0.05, 0.1) is 11.6 Å². The second-order valence-corrected chi connectivity index (χ2v) is 10.2. The first kappa shape index (κ1) is 24.1. The molecule has 0 radical (unpaired) electrons. The van der Waals surface area contributed by atoms with E-state index in [0.717, 1.165) is 90.3 Å². The largest absolute Gasteiger partial charge is 0.487 e. The molecule has 0 unspecified atom stereocenters. The average Bonchev–Trinajstić information content (AvgIpc) is 2.79. The molecule has 0 bridgehead atoms. The van der Waals surface area contributed by atoms with E-state index < -0.39 is 0 Å². The Kier molecular flexibility index (Phi) is 8.69. The Labute approximate surface area is 199 Å². The van der Waals surface area contributed by atoms with Crippen LogP contribution in [0, 0.1) is 5.92 Å². The maximum Gasteiger partial charge on any atom is 0.257 e. The van der Waals surface area contributed by atoms with Gasteiger partial charge >= 0.3 is 0 Å². The van der Waals surface area contributed by atoms with Crippen LogP contribution in [0.2, 0.25) is 0 Å². The van der Waals surface area contributed by atoms with Crippen molar-refractivity contribution in [1.29, 1.82) is 0 Å². The molecule has 4 rings (SSSR count). The molecule has 0 aromatic heterocycles. The van der Waals surface area contributed by atoms with E-state index in [1.165, 1.54) is 12.8 Å². The van der Waals surface area contributed by atoms with E-state index in [9.17, 15) is 9.59 Å². The molecule has 1 aromatic rings. The van der Waals surface area contributed by atoms with Crippen molar-refractivity contribution in [2.24, 2.45) is 5.92 Å². The highest BCUT2D eigenvalue weighted by molar-refractivity contribution is 5.97. The fraction of sp³-hybridized carbons (Fsp3) is 0.714. The number of nitrogens with zero attached hydrogens (tertiary/aromatic N) is 2. The molecule has 2 fully saturated rings. The summed E-state index contributed by atoms with van der Waals surface area (Å²) < 4.78 is 6.64. The zero-order valence-corrected chi connectivity index (χ0v) is 20.5. The Balaban J connectivity index is 1.62. The second kappa shape index (κ2) is 11.9. The molecular formula is C28H42N2O3. The topological polar surface area (TPSA) is 49.9 Å². The molecule has 2 aliphatic carbocycles. The summed E-state index contributed by atoms with van der Waals surface area (Å²) in [6.45, 7) is 4.57. The number of carbonyl (C=O) groups is 2. The van der Waals surface area contributed by atoms with Crippen LogP contribution < -0.4 is 4.74 Å². The van der Waals surface area contributed by atoms with Gasteiger partial charge < -0.3 is 14.5 Å². The van der Waals surface area contributed by atoms with Crippen molar-refractivity contribution < 1.29 is 14.3 Å². The fourth-order valence-corrected chi connectivity index (χ4v) is 5.68.